The lowest BCUT2D eigenvalue weighted by atomic mass is 9.89. The smallest absolute Gasteiger partial charge is 0.322 e. The van der Waals surface area contributed by atoms with Gasteiger partial charge >= 0.3 is 6.03 Å². The number of likely N-dealkylation sites (tertiary alicyclic amines) is 1. The van der Waals surface area contributed by atoms with Gasteiger partial charge in [-0.25, -0.2) is 4.79 Å². The summed E-state index contributed by atoms with van der Waals surface area (Å²) in [5, 5.41) is 5.01. The van der Waals surface area contributed by atoms with Crippen LogP contribution in [-0.2, 0) is 4.79 Å². The minimum absolute atomic E-state index is 0.210. The van der Waals surface area contributed by atoms with Crippen molar-refractivity contribution < 1.29 is 9.59 Å². The molecule has 5 heteroatoms. The Balaban J connectivity index is 2.18. The molecule has 1 spiro atoms. The third-order valence-electron chi connectivity index (χ3n) is 3.05. The van der Waals surface area contributed by atoms with Gasteiger partial charge in [-0.3, -0.25) is 10.1 Å². The molecule has 2 aliphatic heterocycles. The predicted molar refractivity (Wildman–Crippen MR) is 55.0 cm³/mol. The number of carbonyl (C=O) groups excluding carboxylic acids is 2. The lowest BCUT2D eigenvalue weighted by Gasteiger charge is -2.39. The first kappa shape index (κ1) is 10.0. The average molecular weight is 209 g/mol. The van der Waals surface area contributed by atoms with Gasteiger partial charge in [-0.1, -0.05) is 6.58 Å². The van der Waals surface area contributed by atoms with E-state index < -0.39 is 5.54 Å². The van der Waals surface area contributed by atoms with E-state index in [1.54, 1.807) is 0 Å². The van der Waals surface area contributed by atoms with Gasteiger partial charge < -0.3 is 10.2 Å². The predicted octanol–water partition coefficient (Wildman–Crippen LogP) is 0.194. The van der Waals surface area contributed by atoms with Crippen LogP contribution in [0, 0.1) is 0 Å². The minimum Gasteiger partial charge on any atom is -0.373 e. The molecular formula is C10H15N3O2. The van der Waals surface area contributed by atoms with Crippen LogP contribution in [-0.4, -0.2) is 35.5 Å². The summed E-state index contributed by atoms with van der Waals surface area (Å²) in [5.74, 6) is -0.210. The van der Waals surface area contributed by atoms with Crippen LogP contribution in [0.1, 0.15) is 19.8 Å². The fourth-order valence-electron chi connectivity index (χ4n) is 2.20. The van der Waals surface area contributed by atoms with Crippen molar-refractivity contribution in [2.75, 3.05) is 13.1 Å². The van der Waals surface area contributed by atoms with Gasteiger partial charge in [0, 0.05) is 18.8 Å². The second-order valence-corrected chi connectivity index (χ2v) is 4.25. The summed E-state index contributed by atoms with van der Waals surface area (Å²) in [6, 6.07) is -0.386. The number of allylic oxidation sites excluding steroid dienone is 1. The van der Waals surface area contributed by atoms with Gasteiger partial charge in [-0.2, -0.15) is 0 Å². The van der Waals surface area contributed by atoms with Crippen LogP contribution in [0.5, 0.6) is 0 Å². The molecule has 3 amide bonds. The summed E-state index contributed by atoms with van der Waals surface area (Å²) < 4.78 is 0. The molecule has 2 N–H and O–H groups in total. The van der Waals surface area contributed by atoms with Crippen molar-refractivity contribution in [3.63, 3.8) is 0 Å². The monoisotopic (exact) mass is 209 g/mol. The van der Waals surface area contributed by atoms with Crippen LogP contribution >= 0.6 is 0 Å². The van der Waals surface area contributed by atoms with Crippen molar-refractivity contribution in [1.82, 2.24) is 15.5 Å². The van der Waals surface area contributed by atoms with E-state index in [1.165, 1.54) is 0 Å². The van der Waals surface area contributed by atoms with Crippen molar-refractivity contribution in [2.45, 2.75) is 25.3 Å². The van der Waals surface area contributed by atoms with E-state index in [0.29, 0.717) is 13.0 Å². The number of piperidine rings is 1. The Kier molecular flexibility index (Phi) is 2.17. The third-order valence-corrected chi connectivity index (χ3v) is 3.05. The molecule has 2 rings (SSSR count). The van der Waals surface area contributed by atoms with Crippen LogP contribution in [0.2, 0.25) is 0 Å². The first-order valence-corrected chi connectivity index (χ1v) is 5.07. The Morgan fingerprint density at radius 3 is 2.80 bits per heavy atom. The lowest BCUT2D eigenvalue weighted by Crippen LogP contribution is -2.57. The minimum atomic E-state index is -0.728. The molecule has 1 atom stereocenters. The van der Waals surface area contributed by atoms with E-state index >= 15 is 0 Å². The van der Waals surface area contributed by atoms with Crippen LogP contribution in [0.3, 0.4) is 0 Å². The van der Waals surface area contributed by atoms with Gasteiger partial charge in [-0.05, 0) is 19.8 Å². The zero-order valence-electron chi connectivity index (χ0n) is 8.80. The molecule has 0 aromatic rings. The summed E-state index contributed by atoms with van der Waals surface area (Å²) in [6.45, 7) is 7.20. The third kappa shape index (κ3) is 1.58. The largest absolute Gasteiger partial charge is 0.373 e. The van der Waals surface area contributed by atoms with Gasteiger partial charge in [0.1, 0.15) is 5.54 Å². The summed E-state index contributed by atoms with van der Waals surface area (Å²) in [5.41, 5.74) is 0.205. The summed E-state index contributed by atoms with van der Waals surface area (Å²) in [6.07, 6.45) is 1.59. The number of rotatable bonds is 1. The Labute approximate surface area is 88.5 Å². The number of nitrogens with one attached hydrogen (secondary N) is 2. The molecule has 2 saturated heterocycles. The zero-order chi connectivity index (χ0) is 11.1. The number of hydrogen-bond acceptors (Lipinski definition) is 3. The van der Waals surface area contributed by atoms with Gasteiger partial charge in [-0.15, -0.1) is 0 Å². The Hall–Kier alpha value is -1.52. The highest BCUT2D eigenvalue weighted by Gasteiger charge is 2.48. The highest BCUT2D eigenvalue weighted by molar-refractivity contribution is 6.07. The summed E-state index contributed by atoms with van der Waals surface area (Å²) >= 11 is 0. The van der Waals surface area contributed by atoms with E-state index in [2.05, 4.69) is 17.2 Å². The summed E-state index contributed by atoms with van der Waals surface area (Å²) in [7, 11) is 0. The number of hydrogen-bond donors (Lipinski definition) is 2. The molecule has 2 heterocycles. The van der Waals surface area contributed by atoms with Crippen molar-refractivity contribution >= 4 is 11.9 Å². The molecule has 2 aliphatic rings. The number of amides is 3. The van der Waals surface area contributed by atoms with E-state index in [4.69, 9.17) is 0 Å². The number of nitrogens with zero attached hydrogens (tertiary/aromatic N) is 1. The van der Waals surface area contributed by atoms with Crippen molar-refractivity contribution in [3.05, 3.63) is 12.3 Å². The Morgan fingerprint density at radius 1 is 1.53 bits per heavy atom. The van der Waals surface area contributed by atoms with Crippen molar-refractivity contribution in [1.29, 1.82) is 0 Å². The standard InChI is InChI=1S/C10H15N3O2/c1-7(2)13-5-3-4-10(6-13)8(14)11-9(15)12-10/h1,3-6H2,2H3,(H2,11,12,14,15). The van der Waals surface area contributed by atoms with Gasteiger partial charge in [0.15, 0.2) is 0 Å². The quantitative estimate of drug-likeness (QED) is 0.606. The van der Waals surface area contributed by atoms with Gasteiger partial charge in [0.05, 0.1) is 0 Å². The average Bonchev–Trinajstić information content (AvgIpc) is 2.41. The summed E-state index contributed by atoms with van der Waals surface area (Å²) in [4.78, 5) is 24.8. The highest BCUT2D eigenvalue weighted by atomic mass is 16.2. The molecule has 1 unspecified atom stereocenters. The van der Waals surface area contributed by atoms with Crippen LogP contribution < -0.4 is 10.6 Å². The van der Waals surface area contributed by atoms with E-state index in [1.807, 2.05) is 11.8 Å². The molecule has 2 fully saturated rings. The SMILES string of the molecule is C=C(C)N1CCCC2(C1)NC(=O)NC2=O. The first-order valence-electron chi connectivity index (χ1n) is 5.07. The van der Waals surface area contributed by atoms with E-state index in [9.17, 15) is 9.59 Å². The number of imide groups is 1. The van der Waals surface area contributed by atoms with Crippen LogP contribution in [0.25, 0.3) is 0 Å². The Bertz CT molecular complexity index is 340. The Morgan fingerprint density at radius 2 is 2.27 bits per heavy atom. The lowest BCUT2D eigenvalue weighted by molar-refractivity contribution is -0.125. The van der Waals surface area contributed by atoms with E-state index in [-0.39, 0.29) is 11.9 Å². The van der Waals surface area contributed by atoms with Crippen LogP contribution in [0.4, 0.5) is 4.79 Å². The molecule has 5 nitrogen and oxygen atoms in total. The second kappa shape index (κ2) is 3.25. The van der Waals surface area contributed by atoms with E-state index in [0.717, 1.165) is 18.7 Å². The normalized spacial score (nSPS) is 30.3. The first-order chi connectivity index (χ1) is 7.03. The van der Waals surface area contributed by atoms with Gasteiger partial charge in [0.2, 0.25) is 0 Å². The topological polar surface area (TPSA) is 61.4 Å². The number of carbonyl (C=O) groups is 2. The molecule has 0 bridgehead atoms. The highest BCUT2D eigenvalue weighted by Crippen LogP contribution is 2.25. The maximum atomic E-state index is 11.7. The van der Waals surface area contributed by atoms with Crippen molar-refractivity contribution in [2.24, 2.45) is 0 Å². The van der Waals surface area contributed by atoms with Crippen LogP contribution in [0.15, 0.2) is 12.3 Å². The molecule has 0 saturated carbocycles. The maximum Gasteiger partial charge on any atom is 0.322 e. The fraction of sp³-hybridized carbons (Fsp3) is 0.600. The van der Waals surface area contributed by atoms with Gasteiger partial charge in [0.25, 0.3) is 5.91 Å². The molecule has 0 aliphatic carbocycles. The molecule has 0 aromatic heterocycles. The molecule has 82 valence electrons. The second-order valence-electron chi connectivity index (χ2n) is 4.25. The molecular weight excluding hydrogens is 194 g/mol. The zero-order valence-corrected chi connectivity index (χ0v) is 8.80. The molecule has 0 aromatic carbocycles. The molecule has 15 heavy (non-hydrogen) atoms. The van der Waals surface area contributed by atoms with Crippen molar-refractivity contribution in [3.8, 4) is 0 Å². The maximum absolute atomic E-state index is 11.7. The molecule has 0 radical (unpaired) electrons. The fourth-order valence-corrected chi connectivity index (χ4v) is 2.20. The number of urea groups is 1.